The first-order valence-corrected chi connectivity index (χ1v) is 8.42. The molecule has 1 aliphatic rings. The minimum absolute atomic E-state index is 0.0363. The number of benzene rings is 2. The van der Waals surface area contributed by atoms with Gasteiger partial charge in [0.25, 0.3) is 5.24 Å². The number of phenols is 1. The minimum atomic E-state index is -4.48. The average molecular weight is 394 g/mol. The average Bonchev–Trinajstić information content (AvgIpc) is 2.95. The lowest BCUT2D eigenvalue weighted by Gasteiger charge is -2.07. The Morgan fingerprint density at radius 1 is 1.22 bits per heavy atom. The van der Waals surface area contributed by atoms with E-state index >= 15 is 0 Å². The van der Waals surface area contributed by atoms with Gasteiger partial charge >= 0.3 is 6.18 Å². The van der Waals surface area contributed by atoms with Crippen molar-refractivity contribution in [2.45, 2.75) is 6.18 Å². The molecule has 0 atom stereocenters. The molecule has 5 nitrogen and oxygen atoms in total. The van der Waals surface area contributed by atoms with Gasteiger partial charge in [-0.05, 0) is 53.7 Å². The van der Waals surface area contributed by atoms with Gasteiger partial charge < -0.3 is 15.2 Å². The van der Waals surface area contributed by atoms with Crippen LogP contribution < -0.4 is 10.1 Å². The maximum atomic E-state index is 12.8. The number of aliphatic imine (C=N–C) groups is 1. The molecule has 1 heterocycles. The summed E-state index contributed by atoms with van der Waals surface area (Å²) >= 11 is 0.870. The Bertz CT molecular complexity index is 955. The molecule has 9 heteroatoms. The molecule has 0 saturated carbocycles. The number of alkyl halides is 3. The van der Waals surface area contributed by atoms with Crippen LogP contribution in [0.5, 0.6) is 11.5 Å². The van der Waals surface area contributed by atoms with Crippen LogP contribution in [0.15, 0.2) is 52.4 Å². The fourth-order valence-corrected chi connectivity index (χ4v) is 3.06. The smallest absolute Gasteiger partial charge is 0.416 e. The number of methoxy groups -OCH3 is 1. The summed E-state index contributed by atoms with van der Waals surface area (Å²) in [5.41, 5.74) is -0.132. The lowest BCUT2D eigenvalue weighted by Crippen LogP contribution is -2.18. The maximum Gasteiger partial charge on any atom is 0.416 e. The zero-order valence-electron chi connectivity index (χ0n) is 13.9. The number of amides is 1. The second kappa shape index (κ2) is 7.36. The van der Waals surface area contributed by atoms with Gasteiger partial charge in [0, 0.05) is 0 Å². The van der Waals surface area contributed by atoms with Crippen molar-refractivity contribution >= 4 is 34.6 Å². The molecule has 2 aromatic carbocycles. The number of hydrogen-bond donors (Lipinski definition) is 2. The van der Waals surface area contributed by atoms with E-state index in [2.05, 4.69) is 10.3 Å². The second-order valence-electron chi connectivity index (χ2n) is 5.46. The van der Waals surface area contributed by atoms with Crippen LogP contribution in [0.3, 0.4) is 0 Å². The Kier molecular flexibility index (Phi) is 5.13. The third kappa shape index (κ3) is 4.43. The van der Waals surface area contributed by atoms with Crippen LogP contribution in [0.1, 0.15) is 11.1 Å². The van der Waals surface area contributed by atoms with E-state index < -0.39 is 17.0 Å². The number of amidine groups is 1. The van der Waals surface area contributed by atoms with E-state index in [1.54, 1.807) is 18.2 Å². The number of nitrogens with zero attached hydrogens (tertiary/aromatic N) is 1. The number of thioether (sulfide) groups is 1. The minimum Gasteiger partial charge on any atom is -0.504 e. The zero-order chi connectivity index (χ0) is 19.6. The van der Waals surface area contributed by atoms with Gasteiger partial charge in [-0.15, -0.1) is 0 Å². The van der Waals surface area contributed by atoms with E-state index in [-0.39, 0.29) is 23.0 Å². The Hall–Kier alpha value is -2.94. The molecule has 2 N–H and O–H groups in total. The van der Waals surface area contributed by atoms with Gasteiger partial charge in [0.2, 0.25) is 0 Å². The van der Waals surface area contributed by atoms with E-state index in [9.17, 15) is 23.1 Å². The van der Waals surface area contributed by atoms with E-state index in [0.717, 1.165) is 23.9 Å². The molecule has 0 bridgehead atoms. The molecule has 140 valence electrons. The summed E-state index contributed by atoms with van der Waals surface area (Å²) in [7, 11) is 1.40. The van der Waals surface area contributed by atoms with Crippen molar-refractivity contribution in [2.75, 3.05) is 7.11 Å². The van der Waals surface area contributed by atoms with Crippen molar-refractivity contribution in [1.82, 2.24) is 5.32 Å². The molecular weight excluding hydrogens is 381 g/mol. The number of aromatic hydroxyl groups is 1. The molecular formula is C18H13F3N2O3S. The monoisotopic (exact) mass is 394 g/mol. The van der Waals surface area contributed by atoms with Crippen LogP contribution in [0, 0.1) is 0 Å². The molecule has 0 aromatic heterocycles. The van der Waals surface area contributed by atoms with E-state index in [4.69, 9.17) is 4.74 Å². The second-order valence-corrected chi connectivity index (χ2v) is 6.48. The first kappa shape index (κ1) is 18.8. The highest BCUT2D eigenvalue weighted by Gasteiger charge is 2.30. The highest BCUT2D eigenvalue weighted by molar-refractivity contribution is 8.18. The van der Waals surface area contributed by atoms with Gasteiger partial charge in [-0.25, -0.2) is 4.99 Å². The lowest BCUT2D eigenvalue weighted by atomic mass is 10.2. The number of carbonyl (C=O) groups is 1. The molecule has 0 spiro atoms. The zero-order valence-corrected chi connectivity index (χ0v) is 14.7. The Labute approximate surface area is 156 Å². The Morgan fingerprint density at radius 3 is 2.70 bits per heavy atom. The van der Waals surface area contributed by atoms with Crippen LogP contribution in [0.4, 0.5) is 23.7 Å². The molecule has 0 aliphatic carbocycles. The molecule has 1 aliphatic heterocycles. The maximum absolute atomic E-state index is 12.8. The van der Waals surface area contributed by atoms with Crippen LogP contribution in [0.25, 0.3) is 6.08 Å². The summed E-state index contributed by atoms with van der Waals surface area (Å²) in [6.45, 7) is 0. The summed E-state index contributed by atoms with van der Waals surface area (Å²) in [6.07, 6.45) is -2.86. The molecule has 27 heavy (non-hydrogen) atoms. The van der Waals surface area contributed by atoms with Crippen LogP contribution >= 0.6 is 11.8 Å². The molecule has 1 saturated heterocycles. The fourth-order valence-electron chi connectivity index (χ4n) is 2.33. The highest BCUT2D eigenvalue weighted by Crippen LogP contribution is 2.34. The molecule has 3 rings (SSSR count). The molecule has 1 fully saturated rings. The van der Waals surface area contributed by atoms with Gasteiger partial charge in [-0.3, -0.25) is 4.79 Å². The van der Waals surface area contributed by atoms with Gasteiger partial charge in [-0.2, -0.15) is 13.2 Å². The number of rotatable bonds is 3. The normalized spacial score (nSPS) is 17.4. The summed E-state index contributed by atoms with van der Waals surface area (Å²) < 4.78 is 43.6. The summed E-state index contributed by atoms with van der Waals surface area (Å²) in [5.74, 6) is 0.366. The fraction of sp³-hybridized carbons (Fsp3) is 0.111. The van der Waals surface area contributed by atoms with Crippen molar-refractivity contribution < 1.29 is 27.8 Å². The summed E-state index contributed by atoms with van der Waals surface area (Å²) in [6, 6.07) is 9.13. The number of carbonyl (C=O) groups excluding carboxylic acids is 1. The van der Waals surface area contributed by atoms with Crippen LogP contribution in [-0.2, 0) is 6.18 Å². The predicted octanol–water partition coefficient (Wildman–Crippen LogP) is 4.95. The SMILES string of the molecule is COc1cc(/C=C2\SC(=O)NC2=Nc2cccc(C(F)(F)F)c2)ccc1O. The summed E-state index contributed by atoms with van der Waals surface area (Å²) in [5, 5.41) is 11.8. The van der Waals surface area contributed by atoms with Gasteiger partial charge in [-0.1, -0.05) is 12.1 Å². The van der Waals surface area contributed by atoms with Gasteiger partial charge in [0.05, 0.1) is 23.3 Å². The first-order chi connectivity index (χ1) is 12.8. The van der Waals surface area contributed by atoms with Crippen LogP contribution in [0.2, 0.25) is 0 Å². The number of halogens is 3. The number of ether oxygens (including phenoxy) is 1. The molecule has 0 radical (unpaired) electrons. The van der Waals surface area contributed by atoms with E-state index in [1.807, 2.05) is 0 Å². The van der Waals surface area contributed by atoms with E-state index in [1.165, 1.54) is 25.3 Å². The summed E-state index contributed by atoms with van der Waals surface area (Å²) in [4.78, 5) is 16.3. The lowest BCUT2D eigenvalue weighted by molar-refractivity contribution is -0.137. The standard InChI is InChI=1S/C18H13F3N2O3S/c1-26-14-7-10(5-6-13(14)24)8-15-16(23-17(25)27-15)22-12-4-2-3-11(9-12)18(19,20)21/h2-9,24H,1H3,(H,22,23,25)/b15-8-. The Balaban J connectivity index is 1.97. The quantitative estimate of drug-likeness (QED) is 0.773. The van der Waals surface area contributed by atoms with Crippen molar-refractivity contribution in [3.8, 4) is 11.5 Å². The molecule has 2 aromatic rings. The number of phenolic OH excluding ortho intramolecular Hbond substituents is 1. The predicted molar refractivity (Wildman–Crippen MR) is 97.3 cm³/mol. The van der Waals surface area contributed by atoms with Gasteiger partial charge in [0.15, 0.2) is 11.5 Å². The van der Waals surface area contributed by atoms with Crippen molar-refractivity contribution in [1.29, 1.82) is 0 Å². The first-order valence-electron chi connectivity index (χ1n) is 7.60. The van der Waals surface area contributed by atoms with Crippen LogP contribution in [-0.4, -0.2) is 23.3 Å². The van der Waals surface area contributed by atoms with Crippen molar-refractivity contribution in [2.24, 2.45) is 4.99 Å². The number of hydrogen-bond acceptors (Lipinski definition) is 5. The van der Waals surface area contributed by atoms with Crippen molar-refractivity contribution in [3.05, 3.63) is 58.5 Å². The topological polar surface area (TPSA) is 70.9 Å². The highest BCUT2D eigenvalue weighted by atomic mass is 32.2. The number of nitrogens with one attached hydrogen (secondary N) is 1. The molecule has 1 amide bonds. The van der Waals surface area contributed by atoms with Gasteiger partial charge in [0.1, 0.15) is 5.84 Å². The molecule has 0 unspecified atom stereocenters. The van der Waals surface area contributed by atoms with E-state index in [0.29, 0.717) is 10.5 Å². The van der Waals surface area contributed by atoms with Crippen molar-refractivity contribution in [3.63, 3.8) is 0 Å². The third-order valence-corrected chi connectivity index (χ3v) is 4.39. The Morgan fingerprint density at radius 2 is 2.00 bits per heavy atom. The largest absolute Gasteiger partial charge is 0.504 e. The third-order valence-electron chi connectivity index (χ3n) is 3.57.